The summed E-state index contributed by atoms with van der Waals surface area (Å²) in [4.78, 5) is 0.148. The van der Waals surface area contributed by atoms with Gasteiger partial charge in [0.15, 0.2) is 0 Å². The lowest BCUT2D eigenvalue weighted by Crippen LogP contribution is -2.20. The molecule has 0 aliphatic heterocycles. The second-order valence-electron chi connectivity index (χ2n) is 4.94. The Morgan fingerprint density at radius 1 is 1.10 bits per heavy atom. The van der Waals surface area contributed by atoms with Gasteiger partial charge >= 0.3 is 0 Å². The van der Waals surface area contributed by atoms with Crippen molar-refractivity contribution in [2.75, 3.05) is 0 Å². The molecule has 5 heteroatoms. The maximum Gasteiger partial charge on any atom is 0.238 e. The highest BCUT2D eigenvalue weighted by molar-refractivity contribution is 7.89. The number of primary sulfonamides is 1. The van der Waals surface area contributed by atoms with E-state index >= 15 is 0 Å². The van der Waals surface area contributed by atoms with Crippen LogP contribution >= 0.6 is 0 Å². The van der Waals surface area contributed by atoms with E-state index in [9.17, 15) is 8.42 Å². The molecule has 3 N–H and O–H groups in total. The van der Waals surface area contributed by atoms with Crippen molar-refractivity contribution in [1.82, 2.24) is 5.32 Å². The molecule has 0 amide bonds. The van der Waals surface area contributed by atoms with E-state index in [1.165, 1.54) is 11.6 Å². The van der Waals surface area contributed by atoms with Crippen LogP contribution in [0.25, 0.3) is 0 Å². The largest absolute Gasteiger partial charge is 0.306 e. The zero-order chi connectivity index (χ0) is 15.3. The summed E-state index contributed by atoms with van der Waals surface area (Å²) in [7, 11) is -3.65. The van der Waals surface area contributed by atoms with Crippen molar-refractivity contribution in [3.63, 3.8) is 0 Å². The van der Waals surface area contributed by atoms with E-state index in [-0.39, 0.29) is 10.9 Å². The first-order chi connectivity index (χ1) is 10.0. The fraction of sp³-hybridized carbons (Fsp3) is 0.250. The Hall–Kier alpha value is -1.69. The van der Waals surface area contributed by atoms with Crippen LogP contribution in [0, 0.1) is 0 Å². The molecule has 0 aliphatic carbocycles. The molecule has 112 valence electrons. The van der Waals surface area contributed by atoms with E-state index in [2.05, 4.69) is 24.4 Å². The third kappa shape index (κ3) is 4.39. The Balaban J connectivity index is 2.09. The first-order valence-electron chi connectivity index (χ1n) is 6.91. The summed E-state index contributed by atoms with van der Waals surface area (Å²) in [6, 6.07) is 17.1. The van der Waals surface area contributed by atoms with Crippen LogP contribution in [-0.4, -0.2) is 8.42 Å². The Bertz CT molecular complexity index is 684. The van der Waals surface area contributed by atoms with Gasteiger partial charge in [0.1, 0.15) is 0 Å². The standard InChI is InChI=1S/C16H20N2O2S/c1-2-16(14-8-4-3-5-9-14)18-12-13-7-6-10-15(11-13)21(17,19)20/h3-11,16,18H,2,12H2,1H3,(H2,17,19,20). The molecule has 0 aromatic heterocycles. The molecular weight excluding hydrogens is 284 g/mol. The van der Waals surface area contributed by atoms with Gasteiger partial charge in [0, 0.05) is 12.6 Å². The van der Waals surface area contributed by atoms with Gasteiger partial charge in [0.05, 0.1) is 4.90 Å². The minimum atomic E-state index is -3.65. The van der Waals surface area contributed by atoms with Gasteiger partial charge in [-0.3, -0.25) is 0 Å². The minimum Gasteiger partial charge on any atom is -0.306 e. The monoisotopic (exact) mass is 304 g/mol. The molecule has 0 saturated heterocycles. The lowest BCUT2D eigenvalue weighted by molar-refractivity contribution is 0.518. The molecule has 4 nitrogen and oxygen atoms in total. The molecular formula is C16H20N2O2S. The van der Waals surface area contributed by atoms with Crippen molar-refractivity contribution in [2.45, 2.75) is 30.8 Å². The highest BCUT2D eigenvalue weighted by atomic mass is 32.2. The van der Waals surface area contributed by atoms with Gasteiger partial charge in [-0.2, -0.15) is 0 Å². The van der Waals surface area contributed by atoms with Crippen molar-refractivity contribution < 1.29 is 8.42 Å². The van der Waals surface area contributed by atoms with E-state index in [0.717, 1.165) is 12.0 Å². The highest BCUT2D eigenvalue weighted by Gasteiger charge is 2.10. The van der Waals surface area contributed by atoms with Gasteiger partial charge in [-0.25, -0.2) is 13.6 Å². The van der Waals surface area contributed by atoms with Gasteiger partial charge in [-0.15, -0.1) is 0 Å². The summed E-state index contributed by atoms with van der Waals surface area (Å²) in [5.74, 6) is 0. The average Bonchev–Trinajstić information content (AvgIpc) is 2.48. The van der Waals surface area contributed by atoms with Crippen LogP contribution in [0.3, 0.4) is 0 Å². The molecule has 0 saturated carbocycles. The van der Waals surface area contributed by atoms with Gasteiger partial charge in [-0.1, -0.05) is 49.4 Å². The molecule has 0 bridgehead atoms. The number of benzene rings is 2. The molecule has 0 radical (unpaired) electrons. The fourth-order valence-corrected chi connectivity index (χ4v) is 2.84. The number of hydrogen-bond donors (Lipinski definition) is 2. The Morgan fingerprint density at radius 2 is 1.81 bits per heavy atom. The number of sulfonamides is 1. The molecule has 1 atom stereocenters. The molecule has 0 aliphatic rings. The van der Waals surface area contributed by atoms with E-state index in [0.29, 0.717) is 6.54 Å². The van der Waals surface area contributed by atoms with Crippen LogP contribution in [0.15, 0.2) is 59.5 Å². The lowest BCUT2D eigenvalue weighted by Gasteiger charge is -2.17. The molecule has 2 aromatic rings. The van der Waals surface area contributed by atoms with E-state index < -0.39 is 10.0 Å². The van der Waals surface area contributed by atoms with Crippen molar-refractivity contribution in [2.24, 2.45) is 5.14 Å². The number of rotatable bonds is 6. The summed E-state index contributed by atoms with van der Waals surface area (Å²) in [6.07, 6.45) is 0.957. The first-order valence-corrected chi connectivity index (χ1v) is 8.45. The molecule has 0 fully saturated rings. The number of nitrogens with one attached hydrogen (secondary N) is 1. The summed E-state index contributed by atoms with van der Waals surface area (Å²) in [5.41, 5.74) is 2.12. The van der Waals surface area contributed by atoms with Gasteiger partial charge in [0.2, 0.25) is 10.0 Å². The van der Waals surface area contributed by atoms with Gasteiger partial charge < -0.3 is 5.32 Å². The van der Waals surface area contributed by atoms with Gasteiger partial charge in [-0.05, 0) is 29.7 Å². The van der Waals surface area contributed by atoms with Crippen LogP contribution in [-0.2, 0) is 16.6 Å². The summed E-state index contributed by atoms with van der Waals surface area (Å²) in [6.45, 7) is 2.71. The predicted molar refractivity (Wildman–Crippen MR) is 84.1 cm³/mol. The lowest BCUT2D eigenvalue weighted by atomic mass is 10.0. The second kappa shape index (κ2) is 6.85. The van der Waals surface area contributed by atoms with Crippen molar-refractivity contribution in [1.29, 1.82) is 0 Å². The summed E-state index contributed by atoms with van der Waals surface area (Å²) < 4.78 is 22.7. The normalized spacial score (nSPS) is 13.0. The zero-order valence-electron chi connectivity index (χ0n) is 12.0. The predicted octanol–water partition coefficient (Wildman–Crippen LogP) is 2.57. The van der Waals surface area contributed by atoms with Crippen LogP contribution in [0.1, 0.15) is 30.5 Å². The van der Waals surface area contributed by atoms with Crippen LogP contribution < -0.4 is 10.5 Å². The van der Waals surface area contributed by atoms with Crippen LogP contribution in [0.4, 0.5) is 0 Å². The third-order valence-electron chi connectivity index (χ3n) is 3.39. The van der Waals surface area contributed by atoms with Crippen LogP contribution in [0.2, 0.25) is 0 Å². The topological polar surface area (TPSA) is 72.2 Å². The zero-order valence-corrected chi connectivity index (χ0v) is 12.8. The molecule has 1 unspecified atom stereocenters. The third-order valence-corrected chi connectivity index (χ3v) is 4.30. The molecule has 0 heterocycles. The summed E-state index contributed by atoms with van der Waals surface area (Å²) in [5, 5.41) is 8.60. The summed E-state index contributed by atoms with van der Waals surface area (Å²) >= 11 is 0. The minimum absolute atomic E-state index is 0.148. The van der Waals surface area contributed by atoms with E-state index in [4.69, 9.17) is 5.14 Å². The number of nitrogens with two attached hydrogens (primary N) is 1. The van der Waals surface area contributed by atoms with Gasteiger partial charge in [0.25, 0.3) is 0 Å². The Kier molecular flexibility index (Phi) is 5.12. The SMILES string of the molecule is CCC(NCc1cccc(S(N)(=O)=O)c1)c1ccccc1. The molecule has 0 spiro atoms. The van der Waals surface area contributed by atoms with Crippen molar-refractivity contribution in [3.05, 3.63) is 65.7 Å². The second-order valence-corrected chi connectivity index (χ2v) is 6.51. The van der Waals surface area contributed by atoms with E-state index in [1.807, 2.05) is 24.3 Å². The first kappa shape index (κ1) is 15.7. The maximum absolute atomic E-state index is 11.4. The highest BCUT2D eigenvalue weighted by Crippen LogP contribution is 2.17. The smallest absolute Gasteiger partial charge is 0.238 e. The fourth-order valence-electron chi connectivity index (χ4n) is 2.26. The molecule has 2 rings (SSSR count). The Labute approximate surface area is 126 Å². The van der Waals surface area contributed by atoms with E-state index in [1.54, 1.807) is 12.1 Å². The van der Waals surface area contributed by atoms with Crippen LogP contribution in [0.5, 0.6) is 0 Å². The average molecular weight is 304 g/mol. The van der Waals surface area contributed by atoms with Crippen molar-refractivity contribution >= 4 is 10.0 Å². The maximum atomic E-state index is 11.4. The molecule has 21 heavy (non-hydrogen) atoms. The Morgan fingerprint density at radius 3 is 2.43 bits per heavy atom. The number of hydrogen-bond acceptors (Lipinski definition) is 3. The molecule has 2 aromatic carbocycles. The quantitative estimate of drug-likeness (QED) is 0.861. The van der Waals surface area contributed by atoms with Crippen molar-refractivity contribution in [3.8, 4) is 0 Å².